The minimum atomic E-state index is -0.000517. The SMILES string of the molecule is CC(=O)c1cc(NCCCN(C)C)ccc1N. The van der Waals surface area contributed by atoms with Gasteiger partial charge in [-0.2, -0.15) is 0 Å². The zero-order chi connectivity index (χ0) is 12.8. The van der Waals surface area contributed by atoms with Crippen LogP contribution in [0.2, 0.25) is 0 Å². The van der Waals surface area contributed by atoms with Crippen LogP contribution >= 0.6 is 0 Å². The maximum Gasteiger partial charge on any atom is 0.161 e. The highest BCUT2D eigenvalue weighted by Gasteiger charge is 2.05. The summed E-state index contributed by atoms with van der Waals surface area (Å²) < 4.78 is 0. The second-order valence-electron chi connectivity index (χ2n) is 4.44. The van der Waals surface area contributed by atoms with E-state index in [0.29, 0.717) is 11.3 Å². The van der Waals surface area contributed by atoms with Gasteiger partial charge in [-0.15, -0.1) is 0 Å². The minimum absolute atomic E-state index is 0.000517. The Morgan fingerprint density at radius 3 is 2.71 bits per heavy atom. The number of hydrogen-bond acceptors (Lipinski definition) is 4. The first-order valence-corrected chi connectivity index (χ1v) is 5.80. The Balaban J connectivity index is 2.54. The van der Waals surface area contributed by atoms with E-state index in [0.717, 1.165) is 25.2 Å². The van der Waals surface area contributed by atoms with E-state index in [9.17, 15) is 4.79 Å². The Bertz CT molecular complexity index is 388. The molecule has 0 saturated heterocycles. The number of Topliss-reactive ketones (excluding diaryl/α,β-unsaturated/α-hetero) is 1. The quantitative estimate of drug-likeness (QED) is 0.449. The van der Waals surface area contributed by atoms with Crippen molar-refractivity contribution in [2.75, 3.05) is 38.2 Å². The lowest BCUT2D eigenvalue weighted by Gasteiger charge is -2.11. The molecule has 0 bridgehead atoms. The monoisotopic (exact) mass is 235 g/mol. The van der Waals surface area contributed by atoms with Crippen molar-refractivity contribution in [3.05, 3.63) is 23.8 Å². The number of benzene rings is 1. The van der Waals surface area contributed by atoms with Crippen molar-refractivity contribution in [3.8, 4) is 0 Å². The molecule has 1 aromatic carbocycles. The molecule has 0 fully saturated rings. The van der Waals surface area contributed by atoms with Gasteiger partial charge in [0, 0.05) is 23.5 Å². The van der Waals surface area contributed by atoms with Gasteiger partial charge in [0.25, 0.3) is 0 Å². The molecule has 0 heterocycles. The van der Waals surface area contributed by atoms with Crippen LogP contribution in [0.1, 0.15) is 23.7 Å². The summed E-state index contributed by atoms with van der Waals surface area (Å²) in [5, 5.41) is 3.29. The first kappa shape index (κ1) is 13.5. The molecule has 4 heteroatoms. The molecule has 0 aromatic heterocycles. The molecule has 1 rings (SSSR count). The van der Waals surface area contributed by atoms with Crippen LogP contribution in [-0.4, -0.2) is 37.9 Å². The Morgan fingerprint density at radius 1 is 1.41 bits per heavy atom. The fourth-order valence-corrected chi connectivity index (χ4v) is 1.60. The summed E-state index contributed by atoms with van der Waals surface area (Å²) in [5.74, 6) is -0.000517. The van der Waals surface area contributed by atoms with Gasteiger partial charge in [-0.25, -0.2) is 0 Å². The third kappa shape index (κ3) is 4.44. The molecule has 17 heavy (non-hydrogen) atoms. The number of nitrogens with two attached hydrogens (primary N) is 1. The van der Waals surface area contributed by atoms with Gasteiger partial charge in [-0.3, -0.25) is 4.79 Å². The number of rotatable bonds is 6. The summed E-state index contributed by atoms with van der Waals surface area (Å²) in [6.07, 6.45) is 1.06. The van der Waals surface area contributed by atoms with Crippen LogP contribution in [0.25, 0.3) is 0 Å². The van der Waals surface area contributed by atoms with Gasteiger partial charge in [-0.1, -0.05) is 0 Å². The summed E-state index contributed by atoms with van der Waals surface area (Å²) in [6.45, 7) is 3.46. The smallest absolute Gasteiger partial charge is 0.161 e. The molecule has 0 spiro atoms. The van der Waals surface area contributed by atoms with E-state index < -0.39 is 0 Å². The molecule has 0 aliphatic heterocycles. The molecule has 0 unspecified atom stereocenters. The molecule has 94 valence electrons. The van der Waals surface area contributed by atoms with Gasteiger partial charge in [0.15, 0.2) is 5.78 Å². The van der Waals surface area contributed by atoms with E-state index in [1.165, 1.54) is 6.92 Å². The maximum atomic E-state index is 11.3. The molecule has 0 aliphatic carbocycles. The number of ketones is 1. The van der Waals surface area contributed by atoms with Crippen molar-refractivity contribution < 1.29 is 4.79 Å². The van der Waals surface area contributed by atoms with E-state index >= 15 is 0 Å². The Kier molecular flexibility index (Phi) is 4.97. The van der Waals surface area contributed by atoms with E-state index in [2.05, 4.69) is 24.3 Å². The van der Waals surface area contributed by atoms with Crippen molar-refractivity contribution in [2.45, 2.75) is 13.3 Å². The Labute approximate surface area is 103 Å². The standard InChI is InChI=1S/C13H21N3O/c1-10(17)12-9-11(5-6-13(12)14)15-7-4-8-16(2)3/h5-6,9,15H,4,7-8,14H2,1-3H3. The average Bonchev–Trinajstić information content (AvgIpc) is 2.25. The predicted octanol–water partition coefficient (Wildman–Crippen LogP) is 1.83. The molecule has 1 aromatic rings. The predicted molar refractivity (Wildman–Crippen MR) is 72.5 cm³/mol. The topological polar surface area (TPSA) is 58.4 Å². The number of carbonyl (C=O) groups excluding carboxylic acids is 1. The number of hydrogen-bond donors (Lipinski definition) is 2. The Morgan fingerprint density at radius 2 is 2.12 bits per heavy atom. The van der Waals surface area contributed by atoms with Gasteiger partial charge >= 0.3 is 0 Å². The van der Waals surface area contributed by atoms with Gasteiger partial charge in [0.05, 0.1) is 0 Å². The second kappa shape index (κ2) is 6.25. The first-order valence-electron chi connectivity index (χ1n) is 5.80. The van der Waals surface area contributed by atoms with Crippen LogP contribution in [0.3, 0.4) is 0 Å². The minimum Gasteiger partial charge on any atom is -0.398 e. The molecular formula is C13H21N3O. The lowest BCUT2D eigenvalue weighted by atomic mass is 10.1. The summed E-state index contributed by atoms with van der Waals surface area (Å²) >= 11 is 0. The first-order chi connectivity index (χ1) is 8.00. The molecule has 0 amide bonds. The zero-order valence-electron chi connectivity index (χ0n) is 10.8. The van der Waals surface area contributed by atoms with Crippen LogP contribution in [0.4, 0.5) is 11.4 Å². The molecule has 4 nitrogen and oxygen atoms in total. The molecular weight excluding hydrogens is 214 g/mol. The largest absolute Gasteiger partial charge is 0.398 e. The van der Waals surface area contributed by atoms with E-state index in [4.69, 9.17) is 5.73 Å². The van der Waals surface area contributed by atoms with Gasteiger partial charge in [-0.05, 0) is 52.2 Å². The van der Waals surface area contributed by atoms with E-state index in [1.807, 2.05) is 12.1 Å². The van der Waals surface area contributed by atoms with E-state index in [-0.39, 0.29) is 5.78 Å². The van der Waals surface area contributed by atoms with Crippen LogP contribution in [0.15, 0.2) is 18.2 Å². The number of nitrogen functional groups attached to an aromatic ring is 1. The van der Waals surface area contributed by atoms with Crippen molar-refractivity contribution >= 4 is 17.2 Å². The molecule has 0 radical (unpaired) electrons. The summed E-state index contributed by atoms with van der Waals surface area (Å²) in [6, 6.07) is 5.48. The highest BCUT2D eigenvalue weighted by Crippen LogP contribution is 2.18. The van der Waals surface area contributed by atoms with Gasteiger partial charge < -0.3 is 16.0 Å². The summed E-state index contributed by atoms with van der Waals surface area (Å²) in [7, 11) is 4.11. The van der Waals surface area contributed by atoms with Gasteiger partial charge in [0.1, 0.15) is 0 Å². The van der Waals surface area contributed by atoms with Crippen LogP contribution in [0.5, 0.6) is 0 Å². The fourth-order valence-electron chi connectivity index (χ4n) is 1.60. The molecule has 0 aliphatic rings. The van der Waals surface area contributed by atoms with Crippen LogP contribution in [-0.2, 0) is 0 Å². The highest BCUT2D eigenvalue weighted by molar-refractivity contribution is 5.99. The van der Waals surface area contributed by atoms with Crippen molar-refractivity contribution in [2.24, 2.45) is 0 Å². The zero-order valence-corrected chi connectivity index (χ0v) is 10.8. The molecule has 3 N–H and O–H groups in total. The van der Waals surface area contributed by atoms with Crippen molar-refractivity contribution in [1.82, 2.24) is 4.90 Å². The van der Waals surface area contributed by atoms with Gasteiger partial charge in [0.2, 0.25) is 0 Å². The molecule has 0 saturated carbocycles. The highest BCUT2D eigenvalue weighted by atomic mass is 16.1. The third-order valence-corrected chi connectivity index (χ3v) is 2.54. The second-order valence-corrected chi connectivity index (χ2v) is 4.44. The van der Waals surface area contributed by atoms with Crippen LogP contribution < -0.4 is 11.1 Å². The Hall–Kier alpha value is -1.55. The summed E-state index contributed by atoms with van der Waals surface area (Å²) in [4.78, 5) is 13.5. The molecule has 0 atom stereocenters. The lowest BCUT2D eigenvalue weighted by Crippen LogP contribution is -2.16. The maximum absolute atomic E-state index is 11.3. The number of nitrogens with one attached hydrogen (secondary N) is 1. The number of nitrogens with zero attached hydrogens (tertiary/aromatic N) is 1. The summed E-state index contributed by atoms with van der Waals surface area (Å²) in [5.41, 5.74) is 7.80. The van der Waals surface area contributed by atoms with E-state index in [1.54, 1.807) is 6.07 Å². The van der Waals surface area contributed by atoms with Crippen molar-refractivity contribution in [1.29, 1.82) is 0 Å². The lowest BCUT2D eigenvalue weighted by molar-refractivity contribution is 0.101. The number of carbonyl (C=O) groups is 1. The van der Waals surface area contributed by atoms with Crippen LogP contribution in [0, 0.1) is 0 Å². The number of anilines is 2. The van der Waals surface area contributed by atoms with Crippen molar-refractivity contribution in [3.63, 3.8) is 0 Å². The average molecular weight is 235 g/mol. The fraction of sp³-hybridized carbons (Fsp3) is 0.462. The third-order valence-electron chi connectivity index (χ3n) is 2.54. The normalized spacial score (nSPS) is 10.6.